The number of aromatic nitrogens is 2. The van der Waals surface area contributed by atoms with Crippen molar-refractivity contribution in [3.8, 4) is 10.9 Å². The van der Waals surface area contributed by atoms with Gasteiger partial charge in [-0.05, 0) is 69.4 Å². The minimum Gasteiger partial charge on any atom is -0.430 e. The summed E-state index contributed by atoms with van der Waals surface area (Å²) in [5.74, 6) is 1.35. The van der Waals surface area contributed by atoms with Crippen molar-refractivity contribution in [3.63, 3.8) is 0 Å². The van der Waals surface area contributed by atoms with Crippen LogP contribution < -0.4 is 4.74 Å². The SMILES string of the molecule is Cc1cc(/N=C\N2CCCCC2)c(Cl)cc1Oc1nc(C(C)(C)c2ccc(Cl)cc2)ns1. The molecule has 0 atom stereocenters. The highest BCUT2D eigenvalue weighted by Gasteiger charge is 2.28. The highest BCUT2D eigenvalue weighted by molar-refractivity contribution is 7.07. The molecule has 0 amide bonds. The van der Waals surface area contributed by atoms with Gasteiger partial charge in [0.2, 0.25) is 0 Å². The molecule has 168 valence electrons. The zero-order valence-electron chi connectivity index (χ0n) is 18.4. The van der Waals surface area contributed by atoms with Crippen molar-refractivity contribution in [2.24, 2.45) is 4.99 Å². The Morgan fingerprint density at radius 3 is 2.53 bits per heavy atom. The van der Waals surface area contributed by atoms with Crippen molar-refractivity contribution in [3.05, 3.63) is 63.4 Å². The monoisotopic (exact) mass is 488 g/mol. The van der Waals surface area contributed by atoms with Gasteiger partial charge in [0.05, 0.1) is 22.5 Å². The molecule has 4 rings (SSSR count). The number of likely N-dealkylation sites (tertiary alicyclic amines) is 1. The fourth-order valence-corrected chi connectivity index (χ4v) is 4.65. The molecule has 0 spiro atoms. The lowest BCUT2D eigenvalue weighted by Crippen LogP contribution is -2.27. The Kier molecular flexibility index (Phi) is 7.03. The Bertz CT molecular complexity index is 1110. The average molecular weight is 489 g/mol. The van der Waals surface area contributed by atoms with E-state index in [9.17, 15) is 0 Å². The summed E-state index contributed by atoms with van der Waals surface area (Å²) in [6.07, 6.45) is 5.62. The number of halogens is 2. The molecule has 0 aliphatic carbocycles. The van der Waals surface area contributed by atoms with E-state index in [0.29, 0.717) is 26.8 Å². The first-order valence-corrected chi connectivity index (χ1v) is 12.2. The first-order chi connectivity index (χ1) is 15.3. The lowest BCUT2D eigenvalue weighted by molar-refractivity contribution is 0.351. The molecule has 2 heterocycles. The number of piperidine rings is 1. The van der Waals surface area contributed by atoms with Crippen molar-refractivity contribution in [2.45, 2.75) is 45.4 Å². The van der Waals surface area contributed by atoms with E-state index in [0.717, 1.165) is 29.9 Å². The first-order valence-electron chi connectivity index (χ1n) is 10.7. The molecule has 1 aromatic heterocycles. The number of aliphatic imine (C=N–C) groups is 1. The van der Waals surface area contributed by atoms with Crippen LogP contribution in [-0.2, 0) is 5.41 Å². The fraction of sp³-hybridized carbons (Fsp3) is 0.375. The predicted octanol–water partition coefficient (Wildman–Crippen LogP) is 7.42. The van der Waals surface area contributed by atoms with Crippen LogP contribution in [0.3, 0.4) is 0 Å². The van der Waals surface area contributed by atoms with Crippen LogP contribution in [0.25, 0.3) is 0 Å². The van der Waals surface area contributed by atoms with E-state index in [4.69, 9.17) is 27.9 Å². The van der Waals surface area contributed by atoms with Crippen LogP contribution in [0.15, 0.2) is 41.4 Å². The highest BCUT2D eigenvalue weighted by Crippen LogP contribution is 2.37. The third kappa shape index (κ3) is 5.25. The van der Waals surface area contributed by atoms with Crippen molar-refractivity contribution in [2.75, 3.05) is 13.1 Å². The third-order valence-corrected chi connectivity index (χ3v) is 6.87. The molecular formula is C24H26Cl2N4OS. The number of aryl methyl sites for hydroxylation is 1. The smallest absolute Gasteiger partial charge is 0.298 e. The molecule has 3 aromatic rings. The first kappa shape index (κ1) is 23.0. The van der Waals surface area contributed by atoms with Crippen LogP contribution in [0.1, 0.15) is 50.1 Å². The fourth-order valence-electron chi connectivity index (χ4n) is 3.63. The maximum atomic E-state index is 6.50. The number of rotatable bonds is 6. The number of benzene rings is 2. The molecule has 0 unspecified atom stereocenters. The molecule has 0 radical (unpaired) electrons. The lowest BCUT2D eigenvalue weighted by atomic mass is 9.84. The van der Waals surface area contributed by atoms with Crippen LogP contribution in [0, 0.1) is 6.92 Å². The van der Waals surface area contributed by atoms with Crippen molar-refractivity contribution >= 4 is 46.8 Å². The summed E-state index contributed by atoms with van der Waals surface area (Å²) >= 11 is 13.8. The summed E-state index contributed by atoms with van der Waals surface area (Å²) in [5.41, 5.74) is 2.39. The zero-order chi connectivity index (χ0) is 22.7. The van der Waals surface area contributed by atoms with Gasteiger partial charge in [0.25, 0.3) is 5.19 Å². The van der Waals surface area contributed by atoms with Gasteiger partial charge in [-0.15, -0.1) is 0 Å². The summed E-state index contributed by atoms with van der Waals surface area (Å²) in [6, 6.07) is 11.5. The largest absolute Gasteiger partial charge is 0.430 e. The summed E-state index contributed by atoms with van der Waals surface area (Å²) in [4.78, 5) is 11.5. The molecule has 0 bridgehead atoms. The van der Waals surface area contributed by atoms with Gasteiger partial charge >= 0.3 is 0 Å². The van der Waals surface area contributed by atoms with E-state index in [-0.39, 0.29) is 5.41 Å². The number of hydrogen-bond donors (Lipinski definition) is 0. The molecule has 5 nitrogen and oxygen atoms in total. The van der Waals surface area contributed by atoms with Crippen LogP contribution in [0.2, 0.25) is 10.0 Å². The molecule has 1 aliphatic rings. The second-order valence-corrected chi connectivity index (χ2v) is 10.1. The maximum absolute atomic E-state index is 6.50. The second kappa shape index (κ2) is 9.77. The van der Waals surface area contributed by atoms with Gasteiger partial charge in [-0.2, -0.15) is 9.36 Å². The Labute approximate surface area is 203 Å². The second-order valence-electron chi connectivity index (χ2n) is 8.53. The van der Waals surface area contributed by atoms with E-state index < -0.39 is 0 Å². The summed E-state index contributed by atoms with van der Waals surface area (Å²) in [6.45, 7) is 8.24. The van der Waals surface area contributed by atoms with Crippen molar-refractivity contribution in [1.82, 2.24) is 14.3 Å². The molecule has 8 heteroatoms. The normalized spacial score (nSPS) is 14.8. The van der Waals surface area contributed by atoms with Gasteiger partial charge in [-0.1, -0.05) is 35.3 Å². The van der Waals surface area contributed by atoms with E-state index in [1.165, 1.54) is 30.8 Å². The van der Waals surface area contributed by atoms with Crippen LogP contribution in [0.5, 0.6) is 10.9 Å². The minimum absolute atomic E-state index is 0.373. The topological polar surface area (TPSA) is 50.6 Å². The van der Waals surface area contributed by atoms with Gasteiger partial charge in [0, 0.05) is 35.7 Å². The van der Waals surface area contributed by atoms with Crippen LogP contribution in [-0.4, -0.2) is 33.7 Å². The van der Waals surface area contributed by atoms with E-state index in [2.05, 4.69) is 33.1 Å². The zero-order valence-corrected chi connectivity index (χ0v) is 20.8. The van der Waals surface area contributed by atoms with Gasteiger partial charge in [-0.25, -0.2) is 4.99 Å². The van der Waals surface area contributed by atoms with E-state index >= 15 is 0 Å². The highest BCUT2D eigenvalue weighted by atomic mass is 35.5. The number of ether oxygens (including phenoxy) is 1. The van der Waals surface area contributed by atoms with Gasteiger partial charge in [-0.3, -0.25) is 0 Å². The molecule has 32 heavy (non-hydrogen) atoms. The van der Waals surface area contributed by atoms with Crippen LogP contribution >= 0.6 is 34.7 Å². The predicted molar refractivity (Wildman–Crippen MR) is 133 cm³/mol. The molecule has 2 aromatic carbocycles. The Morgan fingerprint density at radius 1 is 1.09 bits per heavy atom. The third-order valence-electron chi connectivity index (χ3n) is 5.72. The van der Waals surface area contributed by atoms with Crippen molar-refractivity contribution in [1.29, 1.82) is 0 Å². The molecular weight excluding hydrogens is 463 g/mol. The molecule has 1 saturated heterocycles. The molecule has 1 aliphatic heterocycles. The Hall–Kier alpha value is -2.15. The number of hydrogen-bond acceptors (Lipinski definition) is 5. The van der Waals surface area contributed by atoms with Gasteiger partial charge in [0.1, 0.15) is 5.75 Å². The molecule has 0 saturated carbocycles. The summed E-state index contributed by atoms with van der Waals surface area (Å²) in [5, 5.41) is 1.73. The standard InChI is InChI=1S/C24H26Cl2N4OS/c1-16-13-20(27-15-30-11-5-4-6-12-30)19(26)14-21(16)31-23-28-22(29-32-23)24(2,3)17-7-9-18(25)10-8-17/h7-10,13-15H,4-6,11-12H2,1-3H3/b27-15-. The Balaban J connectivity index is 1.50. The maximum Gasteiger partial charge on any atom is 0.298 e. The van der Waals surface area contributed by atoms with E-state index in [1.54, 1.807) is 6.07 Å². The van der Waals surface area contributed by atoms with E-state index in [1.807, 2.05) is 43.6 Å². The molecule has 0 N–H and O–H groups in total. The minimum atomic E-state index is -0.373. The van der Waals surface area contributed by atoms with Gasteiger partial charge in [0.15, 0.2) is 5.82 Å². The summed E-state index contributed by atoms with van der Waals surface area (Å²) < 4.78 is 10.6. The molecule has 1 fully saturated rings. The van der Waals surface area contributed by atoms with Crippen LogP contribution in [0.4, 0.5) is 5.69 Å². The lowest BCUT2D eigenvalue weighted by Gasteiger charge is -2.23. The Morgan fingerprint density at radius 2 is 1.81 bits per heavy atom. The van der Waals surface area contributed by atoms with Gasteiger partial charge < -0.3 is 9.64 Å². The van der Waals surface area contributed by atoms with Crippen molar-refractivity contribution < 1.29 is 4.74 Å². The quantitative estimate of drug-likeness (QED) is 0.267. The number of nitrogens with zero attached hydrogens (tertiary/aromatic N) is 4. The average Bonchev–Trinajstić information content (AvgIpc) is 3.26. The summed E-state index contributed by atoms with van der Waals surface area (Å²) in [7, 11) is 0.